The van der Waals surface area contributed by atoms with Crippen LogP contribution in [0.2, 0.25) is 10.0 Å². The van der Waals surface area contributed by atoms with Gasteiger partial charge < -0.3 is 10.1 Å². The molecule has 0 saturated carbocycles. The van der Waals surface area contributed by atoms with Crippen molar-refractivity contribution >= 4 is 44.8 Å². The van der Waals surface area contributed by atoms with Crippen LogP contribution in [0.5, 0.6) is 11.5 Å². The summed E-state index contributed by atoms with van der Waals surface area (Å²) >= 11 is 12.3. The van der Waals surface area contributed by atoms with Gasteiger partial charge in [0, 0.05) is 11.6 Å². The standard InChI is InChI=1S/C32H24Cl2N2O4S/c33-25-14-19-30(36-41(38,39)27-17-15-26(16-18-27)40-31-9-5-4-8-29(31)34)28(20-25)32(37)35-21-22-10-12-24(13-11-22)23-6-2-1-3-7-23/h1-20,36H,21H2,(H,35,37). The van der Waals surface area contributed by atoms with Crippen molar-refractivity contribution in [2.45, 2.75) is 11.4 Å². The predicted octanol–water partition coefficient (Wildman–Crippen LogP) is 8.18. The molecule has 2 N–H and O–H groups in total. The molecule has 9 heteroatoms. The summed E-state index contributed by atoms with van der Waals surface area (Å²) in [6, 6.07) is 35.0. The molecule has 0 heterocycles. The number of rotatable bonds is 9. The Labute approximate surface area is 248 Å². The smallest absolute Gasteiger partial charge is 0.261 e. The molecule has 206 valence electrons. The highest BCUT2D eigenvalue weighted by molar-refractivity contribution is 7.92. The number of nitrogens with one attached hydrogen (secondary N) is 2. The number of benzene rings is 5. The maximum absolute atomic E-state index is 13.2. The Kier molecular flexibility index (Phi) is 8.59. The molecule has 0 spiro atoms. The number of hydrogen-bond donors (Lipinski definition) is 2. The van der Waals surface area contributed by atoms with Gasteiger partial charge in [-0.25, -0.2) is 8.42 Å². The highest BCUT2D eigenvalue weighted by atomic mass is 35.5. The fourth-order valence-corrected chi connectivity index (χ4v) is 5.49. The van der Waals surface area contributed by atoms with E-state index in [0.717, 1.165) is 16.7 Å². The van der Waals surface area contributed by atoms with Crippen LogP contribution in [0.3, 0.4) is 0 Å². The van der Waals surface area contributed by atoms with Gasteiger partial charge in [-0.2, -0.15) is 0 Å². The molecule has 0 saturated heterocycles. The summed E-state index contributed by atoms with van der Waals surface area (Å²) in [5.74, 6) is 0.396. The first-order valence-corrected chi connectivity index (χ1v) is 14.8. The zero-order valence-corrected chi connectivity index (χ0v) is 23.9. The summed E-state index contributed by atoms with van der Waals surface area (Å²) < 4.78 is 34.6. The van der Waals surface area contributed by atoms with Crippen LogP contribution in [0.1, 0.15) is 15.9 Å². The Morgan fingerprint density at radius 3 is 2.10 bits per heavy atom. The summed E-state index contributed by atoms with van der Waals surface area (Å²) in [6.45, 7) is 0.250. The molecule has 0 bridgehead atoms. The van der Waals surface area contributed by atoms with Crippen molar-refractivity contribution in [3.63, 3.8) is 0 Å². The molecular formula is C32H24Cl2N2O4S. The van der Waals surface area contributed by atoms with Crippen LogP contribution < -0.4 is 14.8 Å². The van der Waals surface area contributed by atoms with Gasteiger partial charge in [0.15, 0.2) is 0 Å². The average molecular weight is 604 g/mol. The number of halogens is 2. The SMILES string of the molecule is O=C(NCc1ccc(-c2ccccc2)cc1)c1cc(Cl)ccc1NS(=O)(=O)c1ccc(Oc2ccccc2Cl)cc1. The Morgan fingerprint density at radius 2 is 1.39 bits per heavy atom. The van der Waals surface area contributed by atoms with Crippen LogP contribution in [0, 0.1) is 0 Å². The molecule has 5 aromatic rings. The summed E-state index contributed by atoms with van der Waals surface area (Å²) in [5, 5.41) is 3.57. The van der Waals surface area contributed by atoms with Gasteiger partial charge in [-0.3, -0.25) is 9.52 Å². The zero-order valence-electron chi connectivity index (χ0n) is 21.6. The molecule has 5 rings (SSSR count). The lowest BCUT2D eigenvalue weighted by molar-refractivity contribution is 0.0952. The Hall–Kier alpha value is -4.30. The molecule has 0 aromatic heterocycles. The maximum Gasteiger partial charge on any atom is 0.261 e. The topological polar surface area (TPSA) is 84.5 Å². The van der Waals surface area contributed by atoms with Gasteiger partial charge in [-0.1, -0.05) is 89.9 Å². The van der Waals surface area contributed by atoms with Gasteiger partial charge in [0.05, 0.1) is 21.2 Å². The van der Waals surface area contributed by atoms with E-state index in [-0.39, 0.29) is 22.7 Å². The van der Waals surface area contributed by atoms with Crippen LogP contribution >= 0.6 is 23.2 Å². The molecule has 6 nitrogen and oxygen atoms in total. The molecule has 0 aliphatic carbocycles. The number of sulfonamides is 1. The summed E-state index contributed by atoms with van der Waals surface area (Å²) in [5.41, 5.74) is 3.25. The van der Waals surface area contributed by atoms with Crippen LogP contribution in [0.15, 0.2) is 126 Å². The quantitative estimate of drug-likeness (QED) is 0.178. The van der Waals surface area contributed by atoms with Crippen molar-refractivity contribution in [3.05, 3.63) is 142 Å². The van der Waals surface area contributed by atoms with Crippen LogP contribution in [-0.4, -0.2) is 14.3 Å². The number of ether oxygens (including phenoxy) is 1. The van der Waals surface area contributed by atoms with Crippen molar-refractivity contribution in [1.82, 2.24) is 5.32 Å². The fraction of sp³-hybridized carbons (Fsp3) is 0.0312. The third-order valence-corrected chi connectivity index (χ3v) is 8.11. The molecule has 0 atom stereocenters. The second kappa shape index (κ2) is 12.5. The second-order valence-corrected chi connectivity index (χ2v) is 11.6. The van der Waals surface area contributed by atoms with Crippen molar-refractivity contribution in [2.24, 2.45) is 0 Å². The molecule has 5 aromatic carbocycles. The Balaban J connectivity index is 1.27. The molecule has 1 amide bonds. The van der Waals surface area contributed by atoms with Gasteiger partial charge in [-0.15, -0.1) is 0 Å². The lowest BCUT2D eigenvalue weighted by Crippen LogP contribution is -2.25. The van der Waals surface area contributed by atoms with Crippen molar-refractivity contribution in [2.75, 3.05) is 4.72 Å². The Morgan fingerprint density at radius 1 is 0.732 bits per heavy atom. The number of carbonyl (C=O) groups excluding carboxylic acids is 1. The second-order valence-electron chi connectivity index (χ2n) is 9.04. The van der Waals surface area contributed by atoms with Crippen molar-refractivity contribution in [1.29, 1.82) is 0 Å². The molecule has 0 radical (unpaired) electrons. The maximum atomic E-state index is 13.2. The van der Waals surface area contributed by atoms with Crippen molar-refractivity contribution < 1.29 is 17.9 Å². The fourth-order valence-electron chi connectivity index (χ4n) is 4.06. The van der Waals surface area contributed by atoms with Crippen LogP contribution in [0.25, 0.3) is 11.1 Å². The number of para-hydroxylation sites is 1. The molecule has 0 aliphatic heterocycles. The van der Waals surface area contributed by atoms with E-state index in [0.29, 0.717) is 21.5 Å². The third-order valence-electron chi connectivity index (χ3n) is 6.18. The molecule has 0 aliphatic rings. The van der Waals surface area contributed by atoms with Gasteiger partial charge in [0.25, 0.3) is 15.9 Å². The minimum atomic E-state index is -4.03. The third kappa shape index (κ3) is 7.08. The molecule has 0 fully saturated rings. The van der Waals surface area contributed by atoms with E-state index in [2.05, 4.69) is 10.0 Å². The van der Waals surface area contributed by atoms with Gasteiger partial charge in [-0.05, 0) is 71.3 Å². The Bertz CT molecular complexity index is 1780. The normalized spacial score (nSPS) is 11.1. The van der Waals surface area contributed by atoms with Crippen molar-refractivity contribution in [3.8, 4) is 22.6 Å². The number of anilines is 1. The van der Waals surface area contributed by atoms with E-state index >= 15 is 0 Å². The largest absolute Gasteiger partial charge is 0.456 e. The summed E-state index contributed by atoms with van der Waals surface area (Å²) in [4.78, 5) is 13.1. The first-order chi connectivity index (χ1) is 19.8. The van der Waals surface area contributed by atoms with Crippen LogP contribution in [0.4, 0.5) is 5.69 Å². The average Bonchev–Trinajstić information content (AvgIpc) is 2.99. The minimum absolute atomic E-state index is 0.0103. The number of carbonyl (C=O) groups is 1. The highest BCUT2D eigenvalue weighted by Gasteiger charge is 2.20. The van der Waals surface area contributed by atoms with E-state index in [9.17, 15) is 13.2 Å². The minimum Gasteiger partial charge on any atom is -0.456 e. The number of amides is 1. The van der Waals surface area contributed by atoms with E-state index < -0.39 is 15.9 Å². The summed E-state index contributed by atoms with van der Waals surface area (Å²) in [6.07, 6.45) is 0. The van der Waals surface area contributed by atoms with Crippen LogP contribution in [-0.2, 0) is 16.6 Å². The first-order valence-electron chi connectivity index (χ1n) is 12.6. The van der Waals surface area contributed by atoms with E-state index in [4.69, 9.17) is 27.9 Å². The zero-order chi connectivity index (χ0) is 28.8. The van der Waals surface area contributed by atoms with E-state index in [1.807, 2.05) is 54.6 Å². The van der Waals surface area contributed by atoms with E-state index in [1.54, 1.807) is 24.3 Å². The van der Waals surface area contributed by atoms with E-state index in [1.165, 1.54) is 42.5 Å². The lowest BCUT2D eigenvalue weighted by atomic mass is 10.0. The predicted molar refractivity (Wildman–Crippen MR) is 163 cm³/mol. The summed E-state index contributed by atoms with van der Waals surface area (Å²) in [7, 11) is -4.03. The van der Waals surface area contributed by atoms with Gasteiger partial charge in [0.1, 0.15) is 11.5 Å². The van der Waals surface area contributed by atoms with Gasteiger partial charge >= 0.3 is 0 Å². The highest BCUT2D eigenvalue weighted by Crippen LogP contribution is 2.30. The lowest BCUT2D eigenvalue weighted by Gasteiger charge is -2.14. The molecular weight excluding hydrogens is 579 g/mol. The van der Waals surface area contributed by atoms with Gasteiger partial charge in [0.2, 0.25) is 0 Å². The first kappa shape index (κ1) is 28.2. The number of hydrogen-bond acceptors (Lipinski definition) is 4. The molecule has 41 heavy (non-hydrogen) atoms. The molecule has 0 unspecified atom stereocenters. The monoisotopic (exact) mass is 602 g/mol.